The lowest BCUT2D eigenvalue weighted by Gasteiger charge is -2.16. The normalized spacial score (nSPS) is 11.8. The van der Waals surface area contributed by atoms with E-state index in [0.29, 0.717) is 17.7 Å². The number of aryl methyl sites for hydroxylation is 1. The second-order valence-electron chi connectivity index (χ2n) is 9.28. The predicted molar refractivity (Wildman–Crippen MR) is 171 cm³/mol. The number of carbonyl (C=O) groups is 3. The molecule has 41 heavy (non-hydrogen) atoms. The van der Waals surface area contributed by atoms with Crippen molar-refractivity contribution in [2.45, 2.75) is 30.4 Å². The number of hydrogen-bond donors (Lipinski definition) is 3. The minimum atomic E-state index is -0.461. The van der Waals surface area contributed by atoms with Crippen molar-refractivity contribution in [1.82, 2.24) is 5.32 Å². The second-order valence-corrected chi connectivity index (χ2v) is 11.5. The van der Waals surface area contributed by atoms with Crippen molar-refractivity contribution in [3.63, 3.8) is 0 Å². The van der Waals surface area contributed by atoms with Gasteiger partial charge in [-0.15, -0.1) is 11.8 Å². The molecule has 4 rings (SSSR count). The first-order chi connectivity index (χ1) is 19.8. The zero-order valence-corrected chi connectivity index (χ0v) is 25.1. The van der Waals surface area contributed by atoms with Gasteiger partial charge >= 0.3 is 0 Å². The Kier molecular flexibility index (Phi) is 10.5. The highest BCUT2D eigenvalue weighted by Gasteiger charge is 2.19. The summed E-state index contributed by atoms with van der Waals surface area (Å²) in [4.78, 5) is 40.1. The summed E-state index contributed by atoms with van der Waals surface area (Å²) in [6.07, 6.45) is 2.27. The number of amides is 3. The lowest BCUT2D eigenvalue weighted by molar-refractivity contribution is -0.116. The van der Waals surface area contributed by atoms with Gasteiger partial charge in [0.2, 0.25) is 5.91 Å². The van der Waals surface area contributed by atoms with Crippen LogP contribution in [0.3, 0.4) is 0 Å². The van der Waals surface area contributed by atoms with Crippen LogP contribution in [0.4, 0.5) is 11.4 Å². The van der Waals surface area contributed by atoms with Crippen LogP contribution in [0.2, 0.25) is 0 Å². The van der Waals surface area contributed by atoms with Crippen LogP contribution in [0, 0.1) is 6.92 Å². The Balaban J connectivity index is 1.49. The van der Waals surface area contributed by atoms with E-state index in [-0.39, 0.29) is 22.8 Å². The minimum absolute atomic E-state index is 0.0961. The molecule has 0 saturated carbocycles. The average molecular weight is 629 g/mol. The van der Waals surface area contributed by atoms with Gasteiger partial charge in [-0.2, -0.15) is 0 Å². The number of rotatable bonds is 10. The third kappa shape index (κ3) is 8.93. The fourth-order valence-electron chi connectivity index (χ4n) is 3.86. The van der Waals surface area contributed by atoms with E-state index in [2.05, 4.69) is 31.9 Å². The molecule has 0 saturated heterocycles. The van der Waals surface area contributed by atoms with Crippen molar-refractivity contribution in [1.29, 1.82) is 0 Å². The van der Waals surface area contributed by atoms with Crippen molar-refractivity contribution >= 4 is 62.9 Å². The van der Waals surface area contributed by atoms with Gasteiger partial charge in [-0.1, -0.05) is 76.9 Å². The highest BCUT2D eigenvalue weighted by Crippen LogP contribution is 2.29. The maximum Gasteiger partial charge on any atom is 0.272 e. The average Bonchev–Trinajstić information content (AvgIpc) is 2.98. The number of thioether (sulfide) groups is 1. The van der Waals surface area contributed by atoms with Gasteiger partial charge in [0.15, 0.2) is 0 Å². The smallest absolute Gasteiger partial charge is 0.272 e. The molecular weight excluding hydrogens is 598 g/mol. The Bertz CT molecular complexity index is 1540. The Hall–Kier alpha value is -4.14. The first-order valence-electron chi connectivity index (χ1n) is 13.1. The molecule has 0 fully saturated rings. The van der Waals surface area contributed by atoms with E-state index in [9.17, 15) is 14.4 Å². The van der Waals surface area contributed by atoms with Gasteiger partial charge in [0.25, 0.3) is 11.8 Å². The minimum Gasteiger partial charge on any atom is -0.325 e. The molecule has 0 spiro atoms. The number of nitrogens with one attached hydrogen (secondary N) is 3. The topological polar surface area (TPSA) is 87.3 Å². The Morgan fingerprint density at radius 2 is 1.54 bits per heavy atom. The van der Waals surface area contributed by atoms with E-state index in [1.807, 2.05) is 86.6 Å². The van der Waals surface area contributed by atoms with E-state index in [0.717, 1.165) is 26.2 Å². The second kappa shape index (κ2) is 14.5. The summed E-state index contributed by atoms with van der Waals surface area (Å²) in [6.45, 7) is 3.94. The van der Waals surface area contributed by atoms with E-state index in [4.69, 9.17) is 0 Å². The summed E-state index contributed by atoms with van der Waals surface area (Å²) in [5.41, 5.74) is 3.70. The maximum absolute atomic E-state index is 13.4. The summed E-state index contributed by atoms with van der Waals surface area (Å²) in [5, 5.41) is 8.29. The Labute approximate surface area is 252 Å². The van der Waals surface area contributed by atoms with Gasteiger partial charge in [-0.25, -0.2) is 0 Å². The highest BCUT2D eigenvalue weighted by atomic mass is 79.9. The first kappa shape index (κ1) is 29.8. The molecule has 8 heteroatoms. The molecule has 4 aromatic rings. The Morgan fingerprint density at radius 1 is 0.829 bits per heavy atom. The summed E-state index contributed by atoms with van der Waals surface area (Å²) in [7, 11) is 0. The monoisotopic (exact) mass is 627 g/mol. The van der Waals surface area contributed by atoms with Gasteiger partial charge in [0.05, 0.1) is 5.25 Å². The van der Waals surface area contributed by atoms with Crippen LogP contribution >= 0.6 is 27.7 Å². The zero-order chi connectivity index (χ0) is 29.2. The van der Waals surface area contributed by atoms with Crippen molar-refractivity contribution in [3.8, 4) is 0 Å². The molecular formula is C33H30BrN3O3S. The molecule has 4 aromatic carbocycles. The molecule has 3 N–H and O–H groups in total. The van der Waals surface area contributed by atoms with Crippen LogP contribution in [0.25, 0.3) is 6.08 Å². The van der Waals surface area contributed by atoms with Crippen molar-refractivity contribution in [3.05, 3.63) is 130 Å². The molecule has 0 radical (unpaired) electrons. The lowest BCUT2D eigenvalue weighted by atomic mass is 10.1. The third-order valence-electron chi connectivity index (χ3n) is 6.06. The summed E-state index contributed by atoms with van der Waals surface area (Å²) in [6, 6.07) is 31.1. The van der Waals surface area contributed by atoms with Gasteiger partial charge in [-0.3, -0.25) is 14.4 Å². The van der Waals surface area contributed by atoms with Crippen molar-refractivity contribution < 1.29 is 14.4 Å². The molecule has 0 bridgehead atoms. The SMILES string of the molecule is CCC(Sc1cccc(NC(=O)/C(=C/c2ccc(C)cc2)NC(=O)c2ccccc2)c1)C(=O)Nc1ccc(Br)cc1. The quantitative estimate of drug-likeness (QED) is 0.124. The molecule has 1 unspecified atom stereocenters. The number of benzene rings is 4. The van der Waals surface area contributed by atoms with Gasteiger partial charge in [0, 0.05) is 26.3 Å². The predicted octanol–water partition coefficient (Wildman–Crippen LogP) is 7.68. The number of carbonyl (C=O) groups excluding carboxylic acids is 3. The van der Waals surface area contributed by atoms with Gasteiger partial charge in [-0.05, 0) is 79.6 Å². The third-order valence-corrected chi connectivity index (χ3v) is 7.95. The standard InChI is InChI=1S/C33H30BrN3O3S/c1-3-30(33(40)35-26-18-16-25(34)17-19-26)41-28-11-7-10-27(21-28)36-32(39)29(20-23-14-12-22(2)13-15-23)37-31(38)24-8-5-4-6-9-24/h4-21,30H,3H2,1-2H3,(H,35,40)(H,36,39)(H,37,38)/b29-20-. The molecule has 0 aliphatic carbocycles. The molecule has 0 aliphatic rings. The molecule has 0 heterocycles. The van der Waals surface area contributed by atoms with Crippen molar-refractivity contribution in [2.24, 2.45) is 0 Å². The van der Waals surface area contributed by atoms with E-state index < -0.39 is 5.91 Å². The maximum atomic E-state index is 13.4. The number of halogens is 1. The van der Waals surface area contributed by atoms with E-state index in [1.54, 1.807) is 36.4 Å². The van der Waals surface area contributed by atoms with Gasteiger partial charge < -0.3 is 16.0 Å². The number of hydrogen-bond acceptors (Lipinski definition) is 4. The zero-order valence-electron chi connectivity index (χ0n) is 22.7. The molecule has 0 aliphatic heterocycles. The number of anilines is 2. The fraction of sp³-hybridized carbons (Fsp3) is 0.121. The molecule has 3 amide bonds. The molecule has 6 nitrogen and oxygen atoms in total. The van der Waals surface area contributed by atoms with Crippen LogP contribution in [0.5, 0.6) is 0 Å². The molecule has 208 valence electrons. The van der Waals surface area contributed by atoms with Crippen molar-refractivity contribution in [2.75, 3.05) is 10.6 Å². The van der Waals surface area contributed by atoms with E-state index in [1.165, 1.54) is 11.8 Å². The van der Waals surface area contributed by atoms with Crippen LogP contribution in [-0.4, -0.2) is 23.0 Å². The molecule has 0 aromatic heterocycles. The van der Waals surface area contributed by atoms with E-state index >= 15 is 0 Å². The van der Waals surface area contributed by atoms with Crippen LogP contribution in [-0.2, 0) is 9.59 Å². The van der Waals surface area contributed by atoms with Crippen LogP contribution < -0.4 is 16.0 Å². The van der Waals surface area contributed by atoms with Gasteiger partial charge in [0.1, 0.15) is 5.70 Å². The summed E-state index contributed by atoms with van der Waals surface area (Å²) >= 11 is 4.83. The summed E-state index contributed by atoms with van der Waals surface area (Å²) in [5.74, 6) is -0.941. The Morgan fingerprint density at radius 3 is 2.22 bits per heavy atom. The molecule has 1 atom stereocenters. The first-order valence-corrected chi connectivity index (χ1v) is 14.8. The van der Waals surface area contributed by atoms with Crippen LogP contribution in [0.15, 0.2) is 118 Å². The summed E-state index contributed by atoms with van der Waals surface area (Å²) < 4.78 is 0.937. The fourth-order valence-corrected chi connectivity index (χ4v) is 5.14. The lowest BCUT2D eigenvalue weighted by Crippen LogP contribution is -2.30. The largest absolute Gasteiger partial charge is 0.325 e. The highest BCUT2D eigenvalue weighted by molar-refractivity contribution is 9.10. The van der Waals surface area contributed by atoms with Crippen LogP contribution in [0.1, 0.15) is 34.8 Å².